The van der Waals surface area contributed by atoms with Crippen molar-refractivity contribution in [3.05, 3.63) is 65.9 Å². The van der Waals surface area contributed by atoms with Gasteiger partial charge in [-0.15, -0.1) is 0 Å². The lowest BCUT2D eigenvalue weighted by molar-refractivity contribution is -0.137. The minimum atomic E-state index is -4.61. The van der Waals surface area contributed by atoms with E-state index in [-0.39, 0.29) is 11.8 Å². The van der Waals surface area contributed by atoms with Gasteiger partial charge >= 0.3 is 6.18 Å². The van der Waals surface area contributed by atoms with Crippen LogP contribution >= 0.6 is 0 Å². The number of alkyl halides is 3. The molecule has 1 heterocycles. The van der Waals surface area contributed by atoms with Crippen molar-refractivity contribution < 1.29 is 17.9 Å². The Bertz CT molecular complexity index is 1090. The van der Waals surface area contributed by atoms with Gasteiger partial charge in [-0.25, -0.2) is 4.98 Å². The van der Waals surface area contributed by atoms with E-state index in [4.69, 9.17) is 4.74 Å². The predicted molar refractivity (Wildman–Crippen MR) is 144 cm³/mol. The fourth-order valence-electron chi connectivity index (χ4n) is 3.92. The number of hydrogen-bond acceptors (Lipinski definition) is 5. The van der Waals surface area contributed by atoms with Crippen LogP contribution in [0.5, 0.6) is 5.75 Å². The summed E-state index contributed by atoms with van der Waals surface area (Å²) < 4.78 is 47.1. The molecule has 5 nitrogen and oxygen atoms in total. The van der Waals surface area contributed by atoms with Gasteiger partial charge in [-0.05, 0) is 49.1 Å². The van der Waals surface area contributed by atoms with Crippen LogP contribution in [-0.4, -0.2) is 16.6 Å². The summed E-state index contributed by atoms with van der Waals surface area (Å²) in [6.07, 6.45) is 6.14. The number of aryl methyl sites for hydroxylation is 1. The van der Waals surface area contributed by atoms with Crippen LogP contribution in [0.3, 0.4) is 0 Å². The Balaban J connectivity index is 1.74. The fraction of sp³-hybridized carbons (Fsp3) is 0.448. The van der Waals surface area contributed by atoms with Gasteiger partial charge in [0.2, 0.25) is 5.95 Å². The molecule has 0 fully saturated rings. The summed E-state index contributed by atoms with van der Waals surface area (Å²) in [5, 5.41) is 5.85. The van der Waals surface area contributed by atoms with Crippen molar-refractivity contribution in [1.29, 1.82) is 0 Å². The minimum Gasteiger partial charge on any atom is -0.491 e. The topological polar surface area (TPSA) is 59.1 Å². The van der Waals surface area contributed by atoms with Crippen LogP contribution in [0.4, 0.5) is 36.3 Å². The first-order chi connectivity index (χ1) is 17.9. The minimum absolute atomic E-state index is 0.0733. The molecule has 0 aliphatic carbocycles. The Kier molecular flexibility index (Phi) is 11.0. The van der Waals surface area contributed by atoms with E-state index in [1.807, 2.05) is 24.3 Å². The lowest BCUT2D eigenvalue weighted by Gasteiger charge is -2.17. The molecule has 0 saturated carbocycles. The van der Waals surface area contributed by atoms with Gasteiger partial charge in [0.1, 0.15) is 17.1 Å². The number of aromatic nitrogens is 2. The van der Waals surface area contributed by atoms with Crippen LogP contribution in [0, 0.1) is 0 Å². The summed E-state index contributed by atoms with van der Waals surface area (Å²) in [5.74, 6) is 0.221. The monoisotopic (exact) mass is 514 g/mol. The van der Waals surface area contributed by atoms with Crippen molar-refractivity contribution in [3.63, 3.8) is 0 Å². The molecule has 0 radical (unpaired) electrons. The molecule has 0 aliphatic heterocycles. The highest BCUT2D eigenvalue weighted by atomic mass is 19.4. The normalized spacial score (nSPS) is 11.4. The first-order valence-corrected chi connectivity index (χ1v) is 13.2. The van der Waals surface area contributed by atoms with Gasteiger partial charge < -0.3 is 15.4 Å². The van der Waals surface area contributed by atoms with Gasteiger partial charge in [0, 0.05) is 11.9 Å². The van der Waals surface area contributed by atoms with Crippen molar-refractivity contribution in [2.75, 3.05) is 17.2 Å². The molecule has 3 aromatic rings. The molecule has 2 aromatic carbocycles. The highest BCUT2D eigenvalue weighted by Gasteiger charge is 2.35. The first-order valence-electron chi connectivity index (χ1n) is 13.2. The number of rotatable bonds is 15. The maximum absolute atomic E-state index is 13.8. The van der Waals surface area contributed by atoms with Gasteiger partial charge in [0.25, 0.3) is 0 Å². The third-order valence-electron chi connectivity index (χ3n) is 6.02. The van der Waals surface area contributed by atoms with E-state index in [9.17, 15) is 13.2 Å². The quantitative estimate of drug-likeness (QED) is 0.198. The molecule has 200 valence electrons. The molecule has 37 heavy (non-hydrogen) atoms. The predicted octanol–water partition coefficient (Wildman–Crippen LogP) is 9.06. The van der Waals surface area contributed by atoms with Crippen molar-refractivity contribution >= 4 is 23.1 Å². The second-order valence-corrected chi connectivity index (χ2v) is 9.12. The van der Waals surface area contributed by atoms with Crippen molar-refractivity contribution in [2.45, 2.75) is 77.8 Å². The van der Waals surface area contributed by atoms with Crippen LogP contribution < -0.4 is 15.4 Å². The molecule has 0 saturated heterocycles. The molecule has 0 bridgehead atoms. The van der Waals surface area contributed by atoms with E-state index in [1.54, 1.807) is 24.3 Å². The van der Waals surface area contributed by atoms with Crippen molar-refractivity contribution in [1.82, 2.24) is 9.97 Å². The first kappa shape index (κ1) is 28.3. The van der Waals surface area contributed by atoms with E-state index < -0.39 is 11.7 Å². The summed E-state index contributed by atoms with van der Waals surface area (Å²) in [6.45, 7) is 4.82. The van der Waals surface area contributed by atoms with Gasteiger partial charge in [0.15, 0.2) is 0 Å². The summed E-state index contributed by atoms with van der Waals surface area (Å²) in [6, 6.07) is 14.8. The number of nitrogens with one attached hydrogen (secondary N) is 2. The van der Waals surface area contributed by atoms with E-state index in [0.717, 1.165) is 44.7 Å². The molecular formula is C29H37F3N4O. The number of benzene rings is 2. The van der Waals surface area contributed by atoms with E-state index in [0.29, 0.717) is 23.7 Å². The zero-order valence-corrected chi connectivity index (χ0v) is 21.7. The number of halogens is 3. The lowest BCUT2D eigenvalue weighted by atomic mass is 10.1. The van der Waals surface area contributed by atoms with Gasteiger partial charge in [-0.2, -0.15) is 18.2 Å². The number of nitrogens with zero attached hydrogens (tertiary/aromatic N) is 2. The maximum Gasteiger partial charge on any atom is 0.421 e. The third kappa shape index (κ3) is 9.26. The Hall–Kier alpha value is -3.29. The second-order valence-electron chi connectivity index (χ2n) is 9.12. The molecule has 0 atom stereocenters. The third-order valence-corrected chi connectivity index (χ3v) is 6.02. The SMILES string of the molecule is CCCCCCOc1ccccc1Nc1nc(Nc2ccc(CCCCCC)cc2)ncc1C(F)(F)F. The van der Waals surface area contributed by atoms with Crippen LogP contribution in [0.15, 0.2) is 54.7 Å². The number of para-hydroxylation sites is 2. The van der Waals surface area contributed by atoms with Crippen molar-refractivity contribution in [2.24, 2.45) is 0 Å². The largest absolute Gasteiger partial charge is 0.491 e. The number of hydrogen-bond donors (Lipinski definition) is 2. The zero-order valence-electron chi connectivity index (χ0n) is 21.7. The van der Waals surface area contributed by atoms with Crippen LogP contribution in [0.25, 0.3) is 0 Å². The van der Waals surface area contributed by atoms with Crippen molar-refractivity contribution in [3.8, 4) is 5.75 Å². The van der Waals surface area contributed by atoms with Gasteiger partial charge in [0.05, 0.1) is 12.3 Å². The summed E-state index contributed by atoms with van der Waals surface area (Å²) >= 11 is 0. The van der Waals surface area contributed by atoms with E-state index in [1.165, 1.54) is 24.8 Å². The number of unbranched alkanes of at least 4 members (excludes halogenated alkanes) is 6. The van der Waals surface area contributed by atoms with Gasteiger partial charge in [-0.3, -0.25) is 0 Å². The average molecular weight is 515 g/mol. The lowest BCUT2D eigenvalue weighted by Crippen LogP contribution is -2.13. The van der Waals surface area contributed by atoms with E-state index in [2.05, 4.69) is 34.4 Å². The summed E-state index contributed by atoms with van der Waals surface area (Å²) in [7, 11) is 0. The molecule has 3 rings (SSSR count). The van der Waals surface area contributed by atoms with Crippen LogP contribution in [0.1, 0.15) is 76.3 Å². The molecule has 0 spiro atoms. The van der Waals surface area contributed by atoms with E-state index >= 15 is 0 Å². The molecule has 0 amide bonds. The summed E-state index contributed by atoms with van der Waals surface area (Å²) in [5.41, 5.74) is 1.40. The molecular weight excluding hydrogens is 477 g/mol. The van der Waals surface area contributed by atoms with Crippen LogP contribution in [0.2, 0.25) is 0 Å². The second kappa shape index (κ2) is 14.4. The maximum atomic E-state index is 13.8. The molecule has 8 heteroatoms. The molecule has 2 N–H and O–H groups in total. The molecule has 0 aliphatic rings. The Morgan fingerprint density at radius 1 is 0.811 bits per heavy atom. The summed E-state index contributed by atoms with van der Waals surface area (Å²) in [4.78, 5) is 8.10. The molecule has 0 unspecified atom stereocenters. The number of anilines is 4. The van der Waals surface area contributed by atoms with Crippen LogP contribution in [-0.2, 0) is 12.6 Å². The zero-order chi connectivity index (χ0) is 26.5. The fourth-order valence-corrected chi connectivity index (χ4v) is 3.92. The smallest absolute Gasteiger partial charge is 0.421 e. The Morgan fingerprint density at radius 3 is 2.22 bits per heavy atom. The molecule has 1 aromatic heterocycles. The standard InChI is InChI=1S/C29H37F3N4O/c1-3-5-7-9-13-22-16-18-23(19-17-22)34-28-33-21-24(29(30,31)32)27(36-28)35-25-14-10-11-15-26(25)37-20-12-8-6-4-2/h10-11,14-19,21H,3-9,12-13,20H2,1-2H3,(H2,33,34,35,36). The highest BCUT2D eigenvalue weighted by molar-refractivity contribution is 5.67. The Labute approximate surface area is 217 Å². The average Bonchev–Trinajstić information content (AvgIpc) is 2.88. The highest BCUT2D eigenvalue weighted by Crippen LogP contribution is 2.37. The number of ether oxygens (including phenoxy) is 1. The van der Waals surface area contributed by atoms with Gasteiger partial charge in [-0.1, -0.05) is 76.6 Å². The Morgan fingerprint density at radius 2 is 1.51 bits per heavy atom.